The molecule has 12 heteroatoms. The van der Waals surface area contributed by atoms with Crippen LogP contribution in [-0.2, 0) is 21.0 Å². The van der Waals surface area contributed by atoms with Crippen LogP contribution in [0.4, 0.5) is 25.1 Å². The molecule has 1 amide bonds. The second kappa shape index (κ2) is 11.1. The molecule has 1 aromatic heterocycles. The lowest BCUT2D eigenvalue weighted by Gasteiger charge is -2.32. The van der Waals surface area contributed by atoms with Crippen LogP contribution in [0.25, 0.3) is 0 Å². The molecule has 0 unspecified atom stereocenters. The first-order valence-electron chi connectivity index (χ1n) is 11.3. The highest BCUT2D eigenvalue weighted by Gasteiger charge is 2.26. The van der Waals surface area contributed by atoms with Gasteiger partial charge in [0.25, 0.3) is 0 Å². The SMILES string of the molecule is Cc1c(Nc2cc(F)c(CCS(C)(=O)=O)cc2F)ncnc1OC1CCN(C(=O)OC(C)C)CC1. The number of benzene rings is 1. The number of rotatable bonds is 8. The third-order valence-corrected chi connectivity index (χ3v) is 6.43. The minimum absolute atomic E-state index is 0.0227. The molecule has 1 aliphatic heterocycles. The number of amides is 1. The molecule has 35 heavy (non-hydrogen) atoms. The van der Waals surface area contributed by atoms with E-state index >= 15 is 0 Å². The molecule has 192 valence electrons. The lowest BCUT2D eigenvalue weighted by atomic mass is 10.1. The van der Waals surface area contributed by atoms with Gasteiger partial charge in [0.05, 0.1) is 23.1 Å². The molecular weight excluding hydrogens is 482 g/mol. The van der Waals surface area contributed by atoms with E-state index in [0.717, 1.165) is 18.4 Å². The van der Waals surface area contributed by atoms with Gasteiger partial charge in [0.15, 0.2) is 0 Å². The second-order valence-corrected chi connectivity index (χ2v) is 11.1. The number of piperidine rings is 1. The molecule has 0 bridgehead atoms. The first-order valence-corrected chi connectivity index (χ1v) is 13.4. The fraction of sp³-hybridized carbons (Fsp3) is 0.522. The van der Waals surface area contributed by atoms with Crippen molar-refractivity contribution < 1.29 is 31.5 Å². The predicted octanol–water partition coefficient (Wildman–Crippen LogP) is 3.78. The molecule has 1 aromatic carbocycles. The summed E-state index contributed by atoms with van der Waals surface area (Å²) in [5.74, 6) is -1.19. The third-order valence-electron chi connectivity index (χ3n) is 5.48. The van der Waals surface area contributed by atoms with Gasteiger partial charge in [-0.2, -0.15) is 0 Å². The number of anilines is 2. The number of carbonyl (C=O) groups is 1. The number of carbonyl (C=O) groups excluding carboxylic acids is 1. The fourth-order valence-corrected chi connectivity index (χ4v) is 4.16. The molecule has 3 rings (SSSR count). The summed E-state index contributed by atoms with van der Waals surface area (Å²) in [7, 11) is -3.31. The van der Waals surface area contributed by atoms with Gasteiger partial charge in [-0.3, -0.25) is 0 Å². The zero-order valence-electron chi connectivity index (χ0n) is 20.2. The van der Waals surface area contributed by atoms with E-state index in [4.69, 9.17) is 9.47 Å². The maximum Gasteiger partial charge on any atom is 0.410 e. The molecule has 1 N–H and O–H groups in total. The summed E-state index contributed by atoms with van der Waals surface area (Å²) in [5, 5.41) is 2.76. The molecule has 1 aliphatic rings. The van der Waals surface area contributed by atoms with Crippen molar-refractivity contribution in [2.24, 2.45) is 0 Å². The number of aryl methyl sites for hydroxylation is 1. The number of hydrogen-bond acceptors (Lipinski definition) is 8. The van der Waals surface area contributed by atoms with Crippen molar-refractivity contribution in [3.05, 3.63) is 41.2 Å². The topological polar surface area (TPSA) is 111 Å². The van der Waals surface area contributed by atoms with Gasteiger partial charge >= 0.3 is 6.09 Å². The van der Waals surface area contributed by atoms with E-state index in [0.29, 0.717) is 37.4 Å². The van der Waals surface area contributed by atoms with Crippen LogP contribution in [0, 0.1) is 18.6 Å². The third kappa shape index (κ3) is 7.48. The normalized spacial score (nSPS) is 14.8. The summed E-state index contributed by atoms with van der Waals surface area (Å²) in [6.45, 7) is 6.26. The van der Waals surface area contributed by atoms with Crippen LogP contribution in [0.5, 0.6) is 5.88 Å². The highest BCUT2D eigenvalue weighted by molar-refractivity contribution is 7.90. The summed E-state index contributed by atoms with van der Waals surface area (Å²) in [6, 6.07) is 1.95. The Balaban J connectivity index is 1.66. The predicted molar refractivity (Wildman–Crippen MR) is 127 cm³/mol. The van der Waals surface area contributed by atoms with Crippen molar-refractivity contribution in [3.8, 4) is 5.88 Å². The van der Waals surface area contributed by atoms with Crippen LogP contribution in [0.3, 0.4) is 0 Å². The van der Waals surface area contributed by atoms with Gasteiger partial charge in [0.2, 0.25) is 5.88 Å². The van der Waals surface area contributed by atoms with Crippen LogP contribution in [0.1, 0.15) is 37.8 Å². The largest absolute Gasteiger partial charge is 0.474 e. The van der Waals surface area contributed by atoms with Crippen molar-refractivity contribution in [1.29, 1.82) is 0 Å². The van der Waals surface area contributed by atoms with E-state index in [1.165, 1.54) is 6.33 Å². The van der Waals surface area contributed by atoms with Crippen molar-refractivity contribution in [3.63, 3.8) is 0 Å². The number of nitrogens with zero attached hydrogens (tertiary/aromatic N) is 3. The van der Waals surface area contributed by atoms with Gasteiger partial charge in [-0.1, -0.05) is 0 Å². The Morgan fingerprint density at radius 2 is 1.89 bits per heavy atom. The molecule has 2 heterocycles. The number of nitrogens with one attached hydrogen (secondary N) is 1. The van der Waals surface area contributed by atoms with Crippen LogP contribution < -0.4 is 10.1 Å². The molecule has 0 spiro atoms. The average molecular weight is 513 g/mol. The Bertz CT molecular complexity index is 1170. The van der Waals surface area contributed by atoms with Gasteiger partial charge in [0, 0.05) is 38.3 Å². The fourth-order valence-electron chi connectivity index (χ4n) is 3.57. The lowest BCUT2D eigenvalue weighted by Crippen LogP contribution is -2.42. The Labute approximate surface area is 203 Å². The Morgan fingerprint density at radius 1 is 1.20 bits per heavy atom. The Morgan fingerprint density at radius 3 is 2.51 bits per heavy atom. The Hall–Kier alpha value is -3.02. The first-order chi connectivity index (χ1) is 16.4. The highest BCUT2D eigenvalue weighted by Crippen LogP contribution is 2.29. The number of halogens is 2. The summed E-state index contributed by atoms with van der Waals surface area (Å²) < 4.78 is 63.0. The van der Waals surface area contributed by atoms with Crippen LogP contribution in [-0.4, -0.2) is 66.7 Å². The Kier molecular flexibility index (Phi) is 8.47. The second-order valence-electron chi connectivity index (χ2n) is 8.82. The van der Waals surface area contributed by atoms with Gasteiger partial charge in [-0.25, -0.2) is 32.0 Å². The van der Waals surface area contributed by atoms with E-state index < -0.39 is 21.5 Å². The van der Waals surface area contributed by atoms with Gasteiger partial charge in [-0.15, -0.1) is 0 Å². The quantitative estimate of drug-likeness (QED) is 0.569. The summed E-state index contributed by atoms with van der Waals surface area (Å²) in [5.41, 5.74) is 0.343. The van der Waals surface area contributed by atoms with E-state index in [2.05, 4.69) is 15.3 Å². The molecular formula is C23H30F2N4O5S. The van der Waals surface area contributed by atoms with Crippen LogP contribution in [0.2, 0.25) is 0 Å². The summed E-state index contributed by atoms with van der Waals surface area (Å²) in [6.07, 6.45) is 2.64. The minimum Gasteiger partial charge on any atom is -0.474 e. The zero-order chi connectivity index (χ0) is 25.8. The summed E-state index contributed by atoms with van der Waals surface area (Å²) in [4.78, 5) is 22.0. The number of aromatic nitrogens is 2. The monoisotopic (exact) mass is 512 g/mol. The minimum atomic E-state index is -3.31. The van der Waals surface area contributed by atoms with E-state index in [1.54, 1.807) is 25.7 Å². The standard InChI is InChI=1S/C23H30F2N4O5S/c1-14(2)33-23(30)29-8-5-17(6-9-29)34-22-15(3)21(26-13-27-22)28-20-12-18(24)16(11-19(20)25)7-10-35(4,31)32/h11-14,17H,5-10H2,1-4H3,(H,26,27,28). The van der Waals surface area contributed by atoms with Crippen molar-refractivity contribution >= 4 is 27.4 Å². The number of ether oxygens (including phenoxy) is 2. The molecule has 0 atom stereocenters. The molecule has 1 fully saturated rings. The highest BCUT2D eigenvalue weighted by atomic mass is 32.2. The van der Waals surface area contributed by atoms with Crippen molar-refractivity contribution in [2.45, 2.75) is 52.2 Å². The summed E-state index contributed by atoms with van der Waals surface area (Å²) >= 11 is 0. The maximum absolute atomic E-state index is 14.6. The van der Waals surface area contributed by atoms with Gasteiger partial charge in [0.1, 0.15) is 39.7 Å². The molecule has 0 radical (unpaired) electrons. The van der Waals surface area contributed by atoms with Crippen LogP contribution in [0.15, 0.2) is 18.5 Å². The average Bonchev–Trinajstić information content (AvgIpc) is 2.77. The number of likely N-dealkylation sites (tertiary alicyclic amines) is 1. The molecule has 0 aliphatic carbocycles. The number of sulfone groups is 1. The van der Waals surface area contributed by atoms with Crippen molar-refractivity contribution in [2.75, 3.05) is 30.4 Å². The lowest BCUT2D eigenvalue weighted by molar-refractivity contribution is 0.0505. The molecule has 9 nitrogen and oxygen atoms in total. The van der Waals surface area contributed by atoms with E-state index in [9.17, 15) is 22.0 Å². The van der Waals surface area contributed by atoms with Crippen molar-refractivity contribution in [1.82, 2.24) is 14.9 Å². The first kappa shape index (κ1) is 26.6. The van der Waals surface area contributed by atoms with E-state index in [1.807, 2.05) is 0 Å². The van der Waals surface area contributed by atoms with Gasteiger partial charge < -0.3 is 19.7 Å². The van der Waals surface area contributed by atoms with E-state index in [-0.39, 0.29) is 47.5 Å². The van der Waals surface area contributed by atoms with Crippen LogP contribution >= 0.6 is 0 Å². The number of hydrogen-bond donors (Lipinski definition) is 1. The smallest absolute Gasteiger partial charge is 0.410 e. The zero-order valence-corrected chi connectivity index (χ0v) is 21.0. The molecule has 1 saturated heterocycles. The molecule has 0 saturated carbocycles. The molecule has 2 aromatic rings. The van der Waals surface area contributed by atoms with Gasteiger partial charge in [-0.05, 0) is 38.8 Å². The maximum atomic E-state index is 14.6.